The molecule has 0 aliphatic heterocycles. The maximum atomic E-state index is 11.8. The van der Waals surface area contributed by atoms with Gasteiger partial charge in [0.1, 0.15) is 5.54 Å². The number of carboxylic acid groups (broad SMARTS) is 1. The summed E-state index contributed by atoms with van der Waals surface area (Å²) in [5.74, 6) is -1.00. The molecule has 0 atom stereocenters. The van der Waals surface area contributed by atoms with Crippen molar-refractivity contribution in [2.75, 3.05) is 18.4 Å². The first kappa shape index (κ1) is 16.2. The predicted molar refractivity (Wildman–Crippen MR) is 78.7 cm³/mol. The number of carbonyl (C=O) groups is 2. The maximum Gasteiger partial charge on any atom is 0.323 e. The zero-order valence-corrected chi connectivity index (χ0v) is 12.2. The molecule has 0 unspecified atom stereocenters. The molecule has 5 heteroatoms. The van der Waals surface area contributed by atoms with Crippen LogP contribution >= 0.6 is 0 Å². The first-order chi connectivity index (χ1) is 9.37. The summed E-state index contributed by atoms with van der Waals surface area (Å²) in [6.07, 6.45) is 0.263. The van der Waals surface area contributed by atoms with Crippen molar-refractivity contribution in [2.24, 2.45) is 0 Å². The fourth-order valence-electron chi connectivity index (χ4n) is 1.95. The van der Waals surface area contributed by atoms with Crippen LogP contribution in [0.15, 0.2) is 30.3 Å². The fourth-order valence-corrected chi connectivity index (χ4v) is 1.95. The third-order valence-corrected chi connectivity index (χ3v) is 3.36. The van der Waals surface area contributed by atoms with E-state index in [-0.39, 0.29) is 12.3 Å². The van der Waals surface area contributed by atoms with Crippen molar-refractivity contribution in [2.45, 2.75) is 32.7 Å². The Hall–Kier alpha value is -1.88. The summed E-state index contributed by atoms with van der Waals surface area (Å²) in [4.78, 5) is 24.8. The average molecular weight is 278 g/mol. The van der Waals surface area contributed by atoms with Gasteiger partial charge in [0.2, 0.25) is 5.91 Å². The highest BCUT2D eigenvalue weighted by atomic mass is 16.4. The number of nitrogens with one attached hydrogen (secondary N) is 1. The van der Waals surface area contributed by atoms with E-state index in [0.29, 0.717) is 13.1 Å². The molecule has 1 aromatic rings. The summed E-state index contributed by atoms with van der Waals surface area (Å²) in [7, 11) is 0. The molecule has 0 heterocycles. The third kappa shape index (κ3) is 4.35. The number of aliphatic carboxylic acids is 1. The largest absolute Gasteiger partial charge is 0.480 e. The van der Waals surface area contributed by atoms with Crippen molar-refractivity contribution >= 4 is 17.6 Å². The number of carboxylic acids is 1. The minimum absolute atomic E-state index is 0.115. The van der Waals surface area contributed by atoms with Crippen molar-refractivity contribution in [3.63, 3.8) is 0 Å². The van der Waals surface area contributed by atoms with Gasteiger partial charge < -0.3 is 10.4 Å². The molecule has 0 saturated carbocycles. The van der Waals surface area contributed by atoms with Crippen LogP contribution in [0.25, 0.3) is 0 Å². The SMILES string of the molecule is CCN(CCC(=O)Nc1ccccc1)C(C)(C)C(=O)O. The Morgan fingerprint density at radius 3 is 2.35 bits per heavy atom. The van der Waals surface area contributed by atoms with Gasteiger partial charge in [-0.15, -0.1) is 0 Å². The summed E-state index contributed by atoms with van der Waals surface area (Å²) in [6, 6.07) is 9.21. The fraction of sp³-hybridized carbons (Fsp3) is 0.467. The van der Waals surface area contributed by atoms with Crippen LogP contribution in [0.3, 0.4) is 0 Å². The molecular formula is C15H22N2O3. The highest BCUT2D eigenvalue weighted by molar-refractivity contribution is 5.90. The van der Waals surface area contributed by atoms with Gasteiger partial charge in [-0.25, -0.2) is 0 Å². The van der Waals surface area contributed by atoms with Crippen LogP contribution in [0.4, 0.5) is 5.69 Å². The Morgan fingerprint density at radius 2 is 1.85 bits per heavy atom. The molecule has 1 aromatic carbocycles. The standard InChI is InChI=1S/C15H22N2O3/c1-4-17(15(2,3)14(19)20)11-10-13(18)16-12-8-6-5-7-9-12/h5-9H,4,10-11H2,1-3H3,(H,16,18)(H,19,20). The lowest BCUT2D eigenvalue weighted by Gasteiger charge is -2.33. The molecule has 1 rings (SSSR count). The van der Waals surface area contributed by atoms with Crippen LogP contribution in [0.2, 0.25) is 0 Å². The lowest BCUT2D eigenvalue weighted by Crippen LogP contribution is -2.50. The van der Waals surface area contributed by atoms with E-state index in [1.54, 1.807) is 18.7 Å². The Kier molecular flexibility index (Phi) is 5.70. The first-order valence-corrected chi connectivity index (χ1v) is 6.71. The Balaban J connectivity index is 2.53. The van der Waals surface area contributed by atoms with Crippen molar-refractivity contribution in [3.05, 3.63) is 30.3 Å². The molecule has 0 bridgehead atoms. The van der Waals surface area contributed by atoms with Gasteiger partial charge in [0.15, 0.2) is 0 Å². The second-order valence-corrected chi connectivity index (χ2v) is 5.11. The number of carbonyl (C=O) groups excluding carboxylic acids is 1. The molecule has 0 aromatic heterocycles. The molecule has 0 radical (unpaired) electrons. The summed E-state index contributed by atoms with van der Waals surface area (Å²) >= 11 is 0. The van der Waals surface area contributed by atoms with E-state index >= 15 is 0 Å². The molecule has 5 nitrogen and oxygen atoms in total. The molecule has 2 N–H and O–H groups in total. The van der Waals surface area contributed by atoms with Gasteiger partial charge in [-0.2, -0.15) is 0 Å². The molecule has 0 spiro atoms. The van der Waals surface area contributed by atoms with E-state index < -0.39 is 11.5 Å². The second kappa shape index (κ2) is 7.05. The zero-order valence-electron chi connectivity index (χ0n) is 12.2. The van der Waals surface area contributed by atoms with Crippen LogP contribution in [0, 0.1) is 0 Å². The number of likely N-dealkylation sites (N-methyl/N-ethyl adjacent to an activating group) is 1. The molecule has 0 aliphatic carbocycles. The lowest BCUT2D eigenvalue weighted by atomic mass is 10.0. The van der Waals surface area contributed by atoms with Crippen molar-refractivity contribution in [1.82, 2.24) is 4.90 Å². The van der Waals surface area contributed by atoms with E-state index in [2.05, 4.69) is 5.32 Å². The van der Waals surface area contributed by atoms with Crippen LogP contribution in [0.5, 0.6) is 0 Å². The topological polar surface area (TPSA) is 69.6 Å². The van der Waals surface area contributed by atoms with Gasteiger partial charge in [0.25, 0.3) is 0 Å². The summed E-state index contributed by atoms with van der Waals surface area (Å²) in [5, 5.41) is 12.0. The lowest BCUT2D eigenvalue weighted by molar-refractivity contribution is -0.149. The number of rotatable bonds is 7. The van der Waals surface area contributed by atoms with Gasteiger partial charge in [-0.1, -0.05) is 25.1 Å². The smallest absolute Gasteiger partial charge is 0.323 e. The quantitative estimate of drug-likeness (QED) is 0.802. The molecule has 0 fully saturated rings. The first-order valence-electron chi connectivity index (χ1n) is 6.71. The van der Waals surface area contributed by atoms with Gasteiger partial charge in [0.05, 0.1) is 0 Å². The van der Waals surface area contributed by atoms with Gasteiger partial charge >= 0.3 is 5.97 Å². The highest BCUT2D eigenvalue weighted by Gasteiger charge is 2.33. The molecular weight excluding hydrogens is 256 g/mol. The van der Waals surface area contributed by atoms with Crippen molar-refractivity contribution < 1.29 is 14.7 Å². The molecule has 0 aliphatic rings. The zero-order chi connectivity index (χ0) is 15.2. The number of amides is 1. The number of hydrogen-bond acceptors (Lipinski definition) is 3. The van der Waals surface area contributed by atoms with Crippen molar-refractivity contribution in [3.8, 4) is 0 Å². The minimum Gasteiger partial charge on any atom is -0.480 e. The molecule has 110 valence electrons. The van der Waals surface area contributed by atoms with Crippen LogP contribution in [-0.2, 0) is 9.59 Å². The van der Waals surface area contributed by atoms with Gasteiger partial charge in [-0.3, -0.25) is 14.5 Å². The van der Waals surface area contributed by atoms with E-state index in [1.165, 1.54) is 0 Å². The number of benzene rings is 1. The average Bonchev–Trinajstić information content (AvgIpc) is 2.40. The molecule has 20 heavy (non-hydrogen) atoms. The monoisotopic (exact) mass is 278 g/mol. The Labute approximate surface area is 119 Å². The number of nitrogens with zero attached hydrogens (tertiary/aromatic N) is 1. The third-order valence-electron chi connectivity index (χ3n) is 3.36. The predicted octanol–water partition coefficient (Wildman–Crippen LogP) is 2.20. The van der Waals surface area contributed by atoms with Crippen LogP contribution in [0.1, 0.15) is 27.2 Å². The van der Waals surface area contributed by atoms with E-state index in [9.17, 15) is 14.7 Å². The van der Waals surface area contributed by atoms with Crippen LogP contribution < -0.4 is 5.32 Å². The normalized spacial score (nSPS) is 11.4. The highest BCUT2D eigenvalue weighted by Crippen LogP contribution is 2.15. The van der Waals surface area contributed by atoms with Gasteiger partial charge in [0, 0.05) is 18.7 Å². The maximum absolute atomic E-state index is 11.8. The number of hydrogen-bond donors (Lipinski definition) is 2. The summed E-state index contributed by atoms with van der Waals surface area (Å²) in [5.41, 5.74) is -0.222. The minimum atomic E-state index is -0.970. The van der Waals surface area contributed by atoms with Crippen molar-refractivity contribution in [1.29, 1.82) is 0 Å². The summed E-state index contributed by atoms with van der Waals surface area (Å²) < 4.78 is 0. The van der Waals surface area contributed by atoms with Gasteiger partial charge in [-0.05, 0) is 32.5 Å². The van der Waals surface area contributed by atoms with E-state index in [1.807, 2.05) is 37.3 Å². The number of para-hydroxylation sites is 1. The molecule has 0 saturated heterocycles. The Bertz CT molecular complexity index is 457. The second-order valence-electron chi connectivity index (χ2n) is 5.11. The van der Waals surface area contributed by atoms with E-state index in [0.717, 1.165) is 5.69 Å². The number of anilines is 1. The summed E-state index contributed by atoms with van der Waals surface area (Å²) in [6.45, 7) is 6.17. The Morgan fingerprint density at radius 1 is 1.25 bits per heavy atom. The van der Waals surface area contributed by atoms with E-state index in [4.69, 9.17) is 0 Å². The van der Waals surface area contributed by atoms with Crippen LogP contribution in [-0.4, -0.2) is 40.5 Å². The molecule has 1 amide bonds.